The van der Waals surface area contributed by atoms with E-state index in [-0.39, 0.29) is 19.3 Å². The van der Waals surface area contributed by atoms with Crippen LogP contribution in [-0.2, 0) is 14.9 Å². The van der Waals surface area contributed by atoms with E-state index in [2.05, 4.69) is 136 Å². The van der Waals surface area contributed by atoms with E-state index in [1.807, 2.05) is 16.2 Å². The fraction of sp³-hybridized carbons (Fsp3) is 0.125. The van der Waals surface area contributed by atoms with Crippen LogP contribution in [-0.4, -0.2) is 19.3 Å². The third kappa shape index (κ3) is 5.04. The maximum atomic E-state index is 5.91. The second-order valence-corrected chi connectivity index (χ2v) is 10.0. The number of benzene rings is 2. The highest BCUT2D eigenvalue weighted by molar-refractivity contribution is 14.1. The molecule has 0 aliphatic heterocycles. The Labute approximate surface area is 240 Å². The van der Waals surface area contributed by atoms with Crippen LogP contribution in [0.5, 0.6) is 0 Å². The first-order valence-electron chi connectivity index (χ1n) is 11.4. The van der Waals surface area contributed by atoms with Crippen LogP contribution in [0.1, 0.15) is 11.1 Å². The Kier molecular flexibility index (Phi) is 9.09. The summed E-state index contributed by atoms with van der Waals surface area (Å²) in [7, 11) is 0. The summed E-state index contributed by atoms with van der Waals surface area (Å²) in [4.78, 5) is 0. The van der Waals surface area contributed by atoms with Crippen LogP contribution in [0.4, 0.5) is 0 Å². The maximum Gasteiger partial charge on any atom is 0.147 e. The summed E-state index contributed by atoms with van der Waals surface area (Å²) < 4.78 is 14.4. The summed E-state index contributed by atoms with van der Waals surface area (Å²) in [6, 6.07) is 17.3. The van der Waals surface area contributed by atoms with Gasteiger partial charge in [0.1, 0.15) is 19.3 Å². The van der Waals surface area contributed by atoms with E-state index >= 15 is 0 Å². The third-order valence-electron chi connectivity index (χ3n) is 6.15. The molecule has 2 aliphatic rings. The second-order valence-electron chi connectivity index (χ2n) is 8.07. The molecule has 0 spiro atoms. The van der Waals surface area contributed by atoms with Crippen molar-refractivity contribution in [2.45, 2.75) is 11.5 Å². The summed E-state index contributed by atoms with van der Waals surface area (Å²) >= 11 is 4.64. The van der Waals surface area contributed by atoms with E-state index in [4.69, 9.17) is 22.3 Å². The highest BCUT2D eigenvalue weighted by atomic mass is 127. The fourth-order valence-corrected chi connectivity index (χ4v) is 5.94. The van der Waals surface area contributed by atoms with Crippen LogP contribution < -0.4 is 0 Å². The summed E-state index contributed by atoms with van der Waals surface area (Å²) in [5.41, 5.74) is 6.62. The Balaban J connectivity index is 2.00. The summed E-state index contributed by atoms with van der Waals surface area (Å²) in [6.45, 7) is 0.487. The third-order valence-corrected chi connectivity index (χ3v) is 7.44. The number of ether oxygens (including phenoxy) is 2. The minimum atomic E-state index is -0.549. The topological polar surface area (TPSA) is 18.5 Å². The van der Waals surface area contributed by atoms with E-state index in [1.54, 1.807) is 6.26 Å². The number of hydrogen-bond acceptors (Lipinski definition) is 2. The largest absolute Gasteiger partial charge is 0.489 e. The lowest BCUT2D eigenvalue weighted by atomic mass is 9.66. The molecule has 0 radical (unpaired) electrons. The van der Waals surface area contributed by atoms with E-state index in [0.717, 1.165) is 14.7 Å². The van der Waals surface area contributed by atoms with E-state index < -0.39 is 5.41 Å². The molecule has 0 fully saturated rings. The van der Waals surface area contributed by atoms with Gasteiger partial charge in [0.25, 0.3) is 0 Å². The van der Waals surface area contributed by atoms with Gasteiger partial charge in [0, 0.05) is 3.58 Å². The predicted octanol–water partition coefficient (Wildman–Crippen LogP) is 7.83. The van der Waals surface area contributed by atoms with Crippen molar-refractivity contribution in [2.24, 2.45) is 0 Å². The van der Waals surface area contributed by atoms with Crippen molar-refractivity contribution in [3.63, 3.8) is 0 Å². The molecule has 0 amide bonds. The Morgan fingerprint density at radius 1 is 1.00 bits per heavy atom. The number of terminal acetylenes is 2. The van der Waals surface area contributed by atoms with Gasteiger partial charge in [0.2, 0.25) is 0 Å². The van der Waals surface area contributed by atoms with Gasteiger partial charge in [-0.05, 0) is 72.2 Å². The summed E-state index contributed by atoms with van der Waals surface area (Å²) in [5, 5.41) is 0. The van der Waals surface area contributed by atoms with E-state index in [1.165, 1.54) is 22.3 Å². The van der Waals surface area contributed by atoms with Gasteiger partial charge in [0.15, 0.2) is 0 Å². The minimum absolute atomic E-state index is 0.191. The first kappa shape index (κ1) is 26.3. The lowest BCUT2D eigenvalue weighted by molar-refractivity contribution is 0.146. The molecular formula is C32H24I2O2. The Bertz CT molecular complexity index is 1340. The predicted molar refractivity (Wildman–Crippen MR) is 166 cm³/mol. The van der Waals surface area contributed by atoms with Gasteiger partial charge in [-0.15, -0.1) is 12.8 Å². The molecule has 4 rings (SSSR count). The Morgan fingerprint density at radius 3 is 2.31 bits per heavy atom. The van der Waals surface area contributed by atoms with E-state index in [0.29, 0.717) is 0 Å². The Morgan fingerprint density at radius 2 is 1.67 bits per heavy atom. The Hall–Kier alpha value is -2.78. The molecule has 2 nitrogen and oxygen atoms in total. The molecule has 36 heavy (non-hydrogen) atoms. The van der Waals surface area contributed by atoms with Gasteiger partial charge in [-0.3, -0.25) is 0 Å². The van der Waals surface area contributed by atoms with Crippen LogP contribution in [0, 0.1) is 24.7 Å². The molecular weight excluding hydrogens is 670 g/mol. The average Bonchev–Trinajstić information content (AvgIpc) is 3.07. The number of hydrogen-bond donors (Lipinski definition) is 0. The second kappa shape index (κ2) is 12.5. The average molecular weight is 694 g/mol. The van der Waals surface area contributed by atoms with Gasteiger partial charge in [-0.25, -0.2) is 0 Å². The number of fused-ring (bicyclic) bond motifs is 3. The van der Waals surface area contributed by atoms with Crippen LogP contribution in [0.15, 0.2) is 116 Å². The lowest BCUT2D eigenvalue weighted by Crippen LogP contribution is -2.29. The maximum absolute atomic E-state index is 5.91. The molecule has 1 unspecified atom stereocenters. The molecule has 1 atom stereocenters. The monoisotopic (exact) mass is 694 g/mol. The van der Waals surface area contributed by atoms with Crippen LogP contribution in [0.25, 0.3) is 11.1 Å². The van der Waals surface area contributed by atoms with Crippen molar-refractivity contribution in [1.82, 2.24) is 0 Å². The highest BCUT2D eigenvalue weighted by Gasteiger charge is 2.47. The highest BCUT2D eigenvalue weighted by Crippen LogP contribution is 2.57. The minimum Gasteiger partial charge on any atom is -0.489 e. The van der Waals surface area contributed by atoms with Crippen molar-refractivity contribution in [2.75, 3.05) is 13.2 Å². The van der Waals surface area contributed by atoms with Gasteiger partial charge < -0.3 is 9.47 Å². The molecule has 0 saturated carbocycles. The summed E-state index contributed by atoms with van der Waals surface area (Å²) in [6.07, 6.45) is 27.0. The first-order valence-corrected chi connectivity index (χ1v) is 13.7. The van der Waals surface area contributed by atoms with E-state index in [9.17, 15) is 0 Å². The van der Waals surface area contributed by atoms with Gasteiger partial charge in [-0.2, -0.15) is 0 Å². The van der Waals surface area contributed by atoms with Crippen molar-refractivity contribution >= 4 is 45.2 Å². The van der Waals surface area contributed by atoms with Crippen LogP contribution in [0.2, 0.25) is 0 Å². The molecule has 2 aromatic carbocycles. The lowest BCUT2D eigenvalue weighted by Gasteiger charge is -2.35. The number of halogens is 2. The number of allylic oxidation sites excluding steroid dienone is 8. The molecule has 0 N–H and O–H groups in total. The molecule has 178 valence electrons. The quantitative estimate of drug-likeness (QED) is 0.0923. The van der Waals surface area contributed by atoms with Gasteiger partial charge in [-0.1, -0.05) is 113 Å². The van der Waals surface area contributed by atoms with Gasteiger partial charge >= 0.3 is 0 Å². The van der Waals surface area contributed by atoms with Crippen molar-refractivity contribution in [3.8, 4) is 35.8 Å². The van der Waals surface area contributed by atoms with Crippen molar-refractivity contribution < 1.29 is 9.47 Å². The molecule has 0 aromatic heterocycles. The normalized spacial score (nSPS) is 18.1. The zero-order valence-electron chi connectivity index (χ0n) is 19.5. The molecule has 0 saturated heterocycles. The fourth-order valence-electron chi connectivity index (χ4n) is 4.83. The number of rotatable bonds is 8. The zero-order valence-corrected chi connectivity index (χ0v) is 23.8. The first-order chi connectivity index (χ1) is 17.7. The SMILES string of the molecule is C#CCO/C=C/C=C(\C=C/I)C1(C2=CC=CC(OCC#C)C(I)=C2)c2ccccc2-c2ccccc21. The summed E-state index contributed by atoms with van der Waals surface area (Å²) in [5.74, 6) is 5.07. The van der Waals surface area contributed by atoms with Gasteiger partial charge in [0.05, 0.1) is 11.7 Å². The molecule has 0 bridgehead atoms. The standard InChI is InChI=1S/C32H24I2O2/c1-3-20-35-22-10-12-24(18-19-33)32(25-11-9-17-31(30(34)23-25)36-21-4-2)28-15-7-5-13-26(28)27-14-6-8-16-29(27)32/h1-2,5-19,22-23,31H,20-21H2/b19-18-,22-10+,24-12+. The zero-order chi connectivity index (χ0) is 25.4. The molecule has 4 heteroatoms. The van der Waals surface area contributed by atoms with Crippen molar-refractivity contribution in [3.05, 3.63) is 127 Å². The smallest absolute Gasteiger partial charge is 0.147 e. The molecule has 0 heterocycles. The van der Waals surface area contributed by atoms with Crippen LogP contribution >= 0.6 is 45.2 Å². The molecule has 2 aromatic rings. The van der Waals surface area contributed by atoms with Crippen molar-refractivity contribution in [1.29, 1.82) is 0 Å². The molecule has 2 aliphatic carbocycles. The van der Waals surface area contributed by atoms with Crippen LogP contribution in [0.3, 0.4) is 0 Å².